The van der Waals surface area contributed by atoms with E-state index in [1.807, 2.05) is 24.4 Å². The first-order valence-corrected chi connectivity index (χ1v) is 9.41. The van der Waals surface area contributed by atoms with Crippen LogP contribution in [0, 0.1) is 0 Å². The average Bonchev–Trinajstić information content (AvgIpc) is 3.40. The van der Waals surface area contributed by atoms with E-state index >= 15 is 0 Å². The zero-order valence-electron chi connectivity index (χ0n) is 16.8. The lowest BCUT2D eigenvalue weighted by Crippen LogP contribution is -2.21. The summed E-state index contributed by atoms with van der Waals surface area (Å²) in [5.41, 5.74) is 4.51. The molecular weight excluding hydrogens is 382 g/mol. The molecule has 0 atom stereocenters. The van der Waals surface area contributed by atoms with Gasteiger partial charge in [0, 0.05) is 42.0 Å². The highest BCUT2D eigenvalue weighted by Gasteiger charge is 2.21. The second-order valence-corrected chi connectivity index (χ2v) is 6.94. The summed E-state index contributed by atoms with van der Waals surface area (Å²) in [4.78, 5) is 26.2. The quantitative estimate of drug-likeness (QED) is 0.525. The monoisotopic (exact) mass is 401 g/mol. The van der Waals surface area contributed by atoms with Crippen LogP contribution in [-0.4, -0.2) is 46.1 Å². The van der Waals surface area contributed by atoms with E-state index in [-0.39, 0.29) is 5.69 Å². The molecule has 1 aromatic carbocycles. The normalized spacial score (nSPS) is 13.2. The van der Waals surface area contributed by atoms with Crippen molar-refractivity contribution in [2.24, 2.45) is 12.0 Å². The predicted octanol–water partition coefficient (Wildman–Crippen LogP) is 2.76. The fourth-order valence-corrected chi connectivity index (χ4v) is 3.89. The number of fused-ring (bicyclic) bond motifs is 3. The standard InChI is InChI=1S/C22H19N5O3/c1-26-18-11-25-16-9-19(29-2)14(13-4-6-23-10-13)8-15(16)21(18)27(22(26)28)17-5-7-24-12-20(17)30-3/h4-5,7-12H,6H2,1-3H3. The molecule has 0 saturated carbocycles. The molecule has 8 nitrogen and oxygen atoms in total. The van der Waals surface area contributed by atoms with Gasteiger partial charge in [0.1, 0.15) is 5.75 Å². The van der Waals surface area contributed by atoms with E-state index in [1.165, 1.54) is 0 Å². The number of aromatic nitrogens is 4. The number of nitrogens with zero attached hydrogens (tertiary/aromatic N) is 5. The summed E-state index contributed by atoms with van der Waals surface area (Å²) in [6, 6.07) is 5.67. The molecule has 0 N–H and O–H groups in total. The van der Waals surface area contributed by atoms with E-state index in [1.54, 1.807) is 55.1 Å². The number of pyridine rings is 2. The number of allylic oxidation sites excluding steroid dienone is 1. The van der Waals surface area contributed by atoms with Crippen molar-refractivity contribution in [2.45, 2.75) is 0 Å². The molecule has 150 valence electrons. The predicted molar refractivity (Wildman–Crippen MR) is 116 cm³/mol. The second kappa shape index (κ2) is 6.84. The van der Waals surface area contributed by atoms with Crippen LogP contribution >= 0.6 is 0 Å². The number of ether oxygens (including phenoxy) is 2. The Balaban J connectivity index is 1.94. The van der Waals surface area contributed by atoms with Gasteiger partial charge in [0.05, 0.1) is 55.4 Å². The maximum atomic E-state index is 13.2. The van der Waals surface area contributed by atoms with Crippen molar-refractivity contribution in [3.05, 3.63) is 58.9 Å². The molecule has 1 aliphatic rings. The van der Waals surface area contributed by atoms with Crippen molar-refractivity contribution in [3.8, 4) is 17.2 Å². The van der Waals surface area contributed by atoms with Crippen molar-refractivity contribution in [2.75, 3.05) is 20.8 Å². The van der Waals surface area contributed by atoms with Gasteiger partial charge in [0.2, 0.25) is 0 Å². The van der Waals surface area contributed by atoms with Crippen molar-refractivity contribution in [1.82, 2.24) is 19.1 Å². The van der Waals surface area contributed by atoms with Gasteiger partial charge < -0.3 is 9.47 Å². The Labute approximate surface area is 171 Å². The highest BCUT2D eigenvalue weighted by Crippen LogP contribution is 2.35. The minimum atomic E-state index is -0.192. The summed E-state index contributed by atoms with van der Waals surface area (Å²) < 4.78 is 14.3. The Morgan fingerprint density at radius 2 is 1.93 bits per heavy atom. The van der Waals surface area contributed by atoms with Gasteiger partial charge in [0.25, 0.3) is 0 Å². The van der Waals surface area contributed by atoms with E-state index in [2.05, 4.69) is 15.0 Å². The van der Waals surface area contributed by atoms with Crippen molar-refractivity contribution in [1.29, 1.82) is 0 Å². The molecule has 5 rings (SSSR count). The minimum absolute atomic E-state index is 0.192. The smallest absolute Gasteiger partial charge is 0.333 e. The second-order valence-electron chi connectivity index (χ2n) is 6.94. The largest absolute Gasteiger partial charge is 0.496 e. The molecule has 0 radical (unpaired) electrons. The van der Waals surface area contributed by atoms with E-state index in [4.69, 9.17) is 9.47 Å². The van der Waals surface area contributed by atoms with Gasteiger partial charge in [-0.05, 0) is 12.1 Å². The molecule has 4 aromatic rings. The third-order valence-electron chi connectivity index (χ3n) is 5.39. The van der Waals surface area contributed by atoms with Crippen LogP contribution in [0.5, 0.6) is 11.5 Å². The Kier molecular flexibility index (Phi) is 4.13. The molecule has 1 aliphatic heterocycles. The molecule has 0 unspecified atom stereocenters. The maximum absolute atomic E-state index is 13.2. The number of aryl methyl sites for hydroxylation is 1. The summed E-state index contributed by atoms with van der Waals surface area (Å²) in [7, 11) is 4.93. The number of aliphatic imine (C=N–C) groups is 1. The number of methoxy groups -OCH3 is 2. The summed E-state index contributed by atoms with van der Waals surface area (Å²) >= 11 is 0. The van der Waals surface area contributed by atoms with Crippen LogP contribution < -0.4 is 15.2 Å². The fraction of sp³-hybridized carbons (Fsp3) is 0.182. The Morgan fingerprint density at radius 3 is 2.67 bits per heavy atom. The lowest BCUT2D eigenvalue weighted by atomic mass is 10.0. The molecule has 0 aliphatic carbocycles. The average molecular weight is 401 g/mol. The molecule has 0 bridgehead atoms. The van der Waals surface area contributed by atoms with Gasteiger partial charge in [-0.25, -0.2) is 4.79 Å². The van der Waals surface area contributed by atoms with Crippen LogP contribution in [0.25, 0.3) is 33.2 Å². The first-order valence-electron chi connectivity index (χ1n) is 9.41. The maximum Gasteiger partial charge on any atom is 0.333 e. The van der Waals surface area contributed by atoms with Gasteiger partial charge in [-0.15, -0.1) is 0 Å². The minimum Gasteiger partial charge on any atom is -0.496 e. The van der Waals surface area contributed by atoms with Crippen LogP contribution in [0.2, 0.25) is 0 Å². The fourth-order valence-electron chi connectivity index (χ4n) is 3.89. The van der Waals surface area contributed by atoms with Gasteiger partial charge in [-0.2, -0.15) is 0 Å². The lowest BCUT2D eigenvalue weighted by Gasteiger charge is -2.12. The topological polar surface area (TPSA) is 83.5 Å². The van der Waals surface area contributed by atoms with Crippen LogP contribution in [0.15, 0.2) is 52.7 Å². The van der Waals surface area contributed by atoms with E-state index in [9.17, 15) is 4.79 Å². The molecule has 3 aromatic heterocycles. The summed E-state index contributed by atoms with van der Waals surface area (Å²) in [6.07, 6.45) is 8.82. The molecule has 30 heavy (non-hydrogen) atoms. The molecule has 0 saturated heterocycles. The van der Waals surface area contributed by atoms with Crippen LogP contribution in [0.1, 0.15) is 5.56 Å². The van der Waals surface area contributed by atoms with Crippen molar-refractivity contribution < 1.29 is 9.47 Å². The molecule has 8 heteroatoms. The third kappa shape index (κ3) is 2.53. The Bertz CT molecular complexity index is 1430. The van der Waals surface area contributed by atoms with Gasteiger partial charge in [-0.1, -0.05) is 6.08 Å². The Hall–Kier alpha value is -3.94. The number of imidazole rings is 1. The van der Waals surface area contributed by atoms with Crippen LogP contribution in [-0.2, 0) is 7.05 Å². The van der Waals surface area contributed by atoms with E-state index in [0.717, 1.165) is 33.1 Å². The molecule has 4 heterocycles. The first-order chi connectivity index (χ1) is 14.6. The van der Waals surface area contributed by atoms with Crippen LogP contribution in [0.4, 0.5) is 0 Å². The van der Waals surface area contributed by atoms with Gasteiger partial charge in [-0.3, -0.25) is 24.1 Å². The van der Waals surface area contributed by atoms with E-state index in [0.29, 0.717) is 23.7 Å². The summed E-state index contributed by atoms with van der Waals surface area (Å²) in [6.45, 7) is 0.642. The molecule has 0 fully saturated rings. The number of hydrogen-bond donors (Lipinski definition) is 0. The molecular formula is C22H19N5O3. The zero-order valence-corrected chi connectivity index (χ0v) is 16.8. The highest BCUT2D eigenvalue weighted by molar-refractivity contribution is 6.15. The van der Waals surface area contributed by atoms with Crippen molar-refractivity contribution in [3.63, 3.8) is 0 Å². The van der Waals surface area contributed by atoms with Gasteiger partial charge >= 0.3 is 5.69 Å². The van der Waals surface area contributed by atoms with Gasteiger partial charge in [0.15, 0.2) is 5.75 Å². The van der Waals surface area contributed by atoms with Crippen molar-refractivity contribution >= 4 is 33.7 Å². The van der Waals surface area contributed by atoms with E-state index < -0.39 is 0 Å². The molecule has 0 amide bonds. The van der Waals surface area contributed by atoms with Crippen LogP contribution in [0.3, 0.4) is 0 Å². The Morgan fingerprint density at radius 1 is 1.10 bits per heavy atom. The summed E-state index contributed by atoms with van der Waals surface area (Å²) in [5, 5.41) is 0.834. The number of benzene rings is 1. The first kappa shape index (κ1) is 18.1. The number of rotatable bonds is 4. The summed E-state index contributed by atoms with van der Waals surface area (Å²) in [5.74, 6) is 1.22. The highest BCUT2D eigenvalue weighted by atomic mass is 16.5. The zero-order chi connectivity index (χ0) is 20.8. The molecule has 0 spiro atoms. The number of hydrogen-bond acceptors (Lipinski definition) is 6. The lowest BCUT2D eigenvalue weighted by molar-refractivity contribution is 0.411. The SMILES string of the molecule is COc1cc2ncc3c(c2cc1C1=CCN=C1)n(-c1ccncc1OC)c(=O)n3C. The third-order valence-corrected chi connectivity index (χ3v) is 5.39.